The highest BCUT2D eigenvalue weighted by Gasteiger charge is 2.06. The molecule has 0 bridgehead atoms. The molecule has 0 saturated heterocycles. The fourth-order valence-corrected chi connectivity index (χ4v) is 1.77. The predicted octanol–water partition coefficient (Wildman–Crippen LogP) is 3.53. The van der Waals surface area contributed by atoms with Crippen molar-refractivity contribution in [3.05, 3.63) is 24.0 Å². The lowest BCUT2D eigenvalue weighted by molar-refractivity contribution is 0.302. The van der Waals surface area contributed by atoms with Crippen LogP contribution in [0.3, 0.4) is 0 Å². The van der Waals surface area contributed by atoms with Gasteiger partial charge in [-0.15, -0.1) is 12.4 Å². The molecular formula is C14H24ClN3O. The van der Waals surface area contributed by atoms with E-state index in [0.29, 0.717) is 18.1 Å². The molecule has 1 rings (SSSR count). The number of nitrogens with one attached hydrogen (secondary N) is 1. The van der Waals surface area contributed by atoms with Gasteiger partial charge in [-0.2, -0.15) is 0 Å². The zero-order chi connectivity index (χ0) is 13.2. The molecule has 4 nitrogen and oxygen atoms in total. The Bertz CT molecular complexity index is 371. The lowest BCUT2D eigenvalue weighted by Crippen LogP contribution is -2.15. The zero-order valence-electron chi connectivity index (χ0n) is 11.5. The largest absolute Gasteiger partial charge is 0.491 e. The van der Waals surface area contributed by atoms with Gasteiger partial charge in [0.25, 0.3) is 0 Å². The highest BCUT2D eigenvalue weighted by molar-refractivity contribution is 5.95. The summed E-state index contributed by atoms with van der Waals surface area (Å²) in [5.74, 6) is 0.562. The molecule has 0 amide bonds. The van der Waals surface area contributed by atoms with Gasteiger partial charge < -0.3 is 10.5 Å². The number of nitrogen functional groups attached to an aromatic ring is 1. The van der Waals surface area contributed by atoms with Crippen molar-refractivity contribution in [2.24, 2.45) is 5.73 Å². The summed E-state index contributed by atoms with van der Waals surface area (Å²) in [6.45, 7) is 2.88. The van der Waals surface area contributed by atoms with Gasteiger partial charge in [0, 0.05) is 6.20 Å². The highest BCUT2D eigenvalue weighted by Crippen LogP contribution is 2.15. The number of nitrogens with zero attached hydrogens (tertiary/aromatic N) is 1. The van der Waals surface area contributed by atoms with Crippen molar-refractivity contribution in [1.29, 1.82) is 5.41 Å². The highest BCUT2D eigenvalue weighted by atomic mass is 35.5. The number of hydrogen-bond acceptors (Lipinski definition) is 3. The van der Waals surface area contributed by atoms with Crippen LogP contribution in [0, 0.1) is 5.41 Å². The molecule has 0 aliphatic heterocycles. The van der Waals surface area contributed by atoms with Crippen LogP contribution in [0.25, 0.3) is 0 Å². The summed E-state index contributed by atoms with van der Waals surface area (Å²) in [5, 5.41) is 7.40. The second-order valence-electron chi connectivity index (χ2n) is 4.38. The Morgan fingerprint density at radius 3 is 2.63 bits per heavy atom. The van der Waals surface area contributed by atoms with Gasteiger partial charge in [-0.1, -0.05) is 39.0 Å². The SMILES string of the molecule is CCCCCCCCOc1cccnc1C(=N)N.Cl. The van der Waals surface area contributed by atoms with E-state index in [1.54, 1.807) is 18.3 Å². The van der Waals surface area contributed by atoms with Crippen molar-refractivity contribution >= 4 is 18.2 Å². The van der Waals surface area contributed by atoms with Crippen molar-refractivity contribution in [2.75, 3.05) is 6.61 Å². The molecule has 0 saturated carbocycles. The maximum Gasteiger partial charge on any atom is 0.148 e. The van der Waals surface area contributed by atoms with Crippen LogP contribution in [0.1, 0.15) is 51.1 Å². The van der Waals surface area contributed by atoms with Gasteiger partial charge in [-0.25, -0.2) is 4.98 Å². The van der Waals surface area contributed by atoms with E-state index in [4.69, 9.17) is 15.9 Å². The number of ether oxygens (including phenoxy) is 1. The summed E-state index contributed by atoms with van der Waals surface area (Å²) in [6.07, 6.45) is 9.01. The molecule has 19 heavy (non-hydrogen) atoms. The first kappa shape index (κ1) is 17.7. The maximum atomic E-state index is 7.40. The number of hydrogen-bond donors (Lipinski definition) is 2. The Labute approximate surface area is 121 Å². The second kappa shape index (κ2) is 10.6. The molecule has 0 fully saturated rings. The van der Waals surface area contributed by atoms with E-state index < -0.39 is 0 Å². The number of unbranched alkanes of at least 4 members (excludes halogenated alkanes) is 5. The third kappa shape index (κ3) is 7.01. The topological polar surface area (TPSA) is 72.0 Å². The van der Waals surface area contributed by atoms with Gasteiger partial charge >= 0.3 is 0 Å². The van der Waals surface area contributed by atoms with Gasteiger partial charge in [-0.3, -0.25) is 5.41 Å². The molecule has 108 valence electrons. The van der Waals surface area contributed by atoms with E-state index in [-0.39, 0.29) is 18.2 Å². The number of nitrogens with two attached hydrogens (primary N) is 1. The Hall–Kier alpha value is -1.29. The van der Waals surface area contributed by atoms with Crippen molar-refractivity contribution in [3.63, 3.8) is 0 Å². The van der Waals surface area contributed by atoms with Crippen molar-refractivity contribution in [1.82, 2.24) is 4.98 Å². The van der Waals surface area contributed by atoms with E-state index in [2.05, 4.69) is 11.9 Å². The first-order valence-electron chi connectivity index (χ1n) is 6.68. The number of rotatable bonds is 9. The summed E-state index contributed by atoms with van der Waals surface area (Å²) in [5.41, 5.74) is 5.87. The molecule has 0 unspecified atom stereocenters. The minimum atomic E-state index is -0.0476. The lowest BCUT2D eigenvalue weighted by atomic mass is 10.1. The van der Waals surface area contributed by atoms with Crippen LogP contribution in [0.5, 0.6) is 5.75 Å². The van der Waals surface area contributed by atoms with Crippen molar-refractivity contribution in [2.45, 2.75) is 45.4 Å². The fourth-order valence-electron chi connectivity index (χ4n) is 1.77. The van der Waals surface area contributed by atoms with Crippen LogP contribution >= 0.6 is 12.4 Å². The van der Waals surface area contributed by atoms with Crippen LogP contribution in [0.15, 0.2) is 18.3 Å². The number of halogens is 1. The molecule has 0 aliphatic carbocycles. The predicted molar refractivity (Wildman–Crippen MR) is 81.4 cm³/mol. The van der Waals surface area contributed by atoms with E-state index in [0.717, 1.165) is 6.42 Å². The molecule has 5 heteroatoms. The zero-order valence-corrected chi connectivity index (χ0v) is 12.3. The van der Waals surface area contributed by atoms with Gasteiger partial charge in [0.15, 0.2) is 0 Å². The molecule has 1 heterocycles. The first-order chi connectivity index (χ1) is 8.75. The van der Waals surface area contributed by atoms with Crippen LogP contribution < -0.4 is 10.5 Å². The molecule has 1 aromatic heterocycles. The fraction of sp³-hybridized carbons (Fsp3) is 0.571. The Balaban J connectivity index is 0.00000324. The third-order valence-electron chi connectivity index (χ3n) is 2.78. The Kier molecular flexibility index (Phi) is 9.90. The second-order valence-corrected chi connectivity index (χ2v) is 4.38. The van der Waals surface area contributed by atoms with Crippen molar-refractivity contribution in [3.8, 4) is 5.75 Å². The number of pyridine rings is 1. The molecule has 3 N–H and O–H groups in total. The van der Waals surface area contributed by atoms with Crippen LogP contribution in [0.2, 0.25) is 0 Å². The van der Waals surface area contributed by atoms with Crippen LogP contribution in [-0.2, 0) is 0 Å². The van der Waals surface area contributed by atoms with E-state index in [1.165, 1.54) is 32.1 Å². The minimum absolute atomic E-state index is 0. The van der Waals surface area contributed by atoms with Gasteiger partial charge in [0.2, 0.25) is 0 Å². The van der Waals surface area contributed by atoms with E-state index >= 15 is 0 Å². The quantitative estimate of drug-likeness (QED) is 0.414. The van der Waals surface area contributed by atoms with Gasteiger partial charge in [-0.05, 0) is 18.6 Å². The summed E-state index contributed by atoms with van der Waals surface area (Å²) in [7, 11) is 0. The first-order valence-corrected chi connectivity index (χ1v) is 6.68. The summed E-state index contributed by atoms with van der Waals surface area (Å²) >= 11 is 0. The molecule has 0 spiro atoms. The third-order valence-corrected chi connectivity index (χ3v) is 2.78. The average Bonchev–Trinajstić information content (AvgIpc) is 2.38. The van der Waals surface area contributed by atoms with Gasteiger partial charge in [0.05, 0.1) is 6.61 Å². The maximum absolute atomic E-state index is 7.40. The average molecular weight is 286 g/mol. The van der Waals surface area contributed by atoms with Crippen LogP contribution in [0.4, 0.5) is 0 Å². The lowest BCUT2D eigenvalue weighted by Gasteiger charge is -2.09. The summed E-state index contributed by atoms with van der Waals surface area (Å²) in [4.78, 5) is 4.04. The number of aromatic nitrogens is 1. The van der Waals surface area contributed by atoms with E-state index in [1.807, 2.05) is 0 Å². The van der Waals surface area contributed by atoms with Gasteiger partial charge in [0.1, 0.15) is 17.3 Å². The van der Waals surface area contributed by atoms with E-state index in [9.17, 15) is 0 Å². The molecule has 0 atom stereocenters. The van der Waals surface area contributed by atoms with Crippen molar-refractivity contribution < 1.29 is 4.74 Å². The number of amidine groups is 1. The molecule has 0 aromatic carbocycles. The molecule has 0 radical (unpaired) electrons. The Morgan fingerprint density at radius 2 is 1.95 bits per heavy atom. The normalized spacial score (nSPS) is 9.74. The Morgan fingerprint density at radius 1 is 1.26 bits per heavy atom. The summed E-state index contributed by atoms with van der Waals surface area (Å²) < 4.78 is 5.62. The standard InChI is InChI=1S/C14H23N3O.ClH/c1-2-3-4-5-6-7-11-18-12-9-8-10-17-13(12)14(15)16;/h8-10H,2-7,11H2,1H3,(H3,15,16);1H. The molecule has 1 aromatic rings. The summed E-state index contributed by atoms with van der Waals surface area (Å²) in [6, 6.07) is 3.60. The monoisotopic (exact) mass is 285 g/mol. The molecular weight excluding hydrogens is 262 g/mol. The van der Waals surface area contributed by atoms with Crippen LogP contribution in [-0.4, -0.2) is 17.4 Å². The smallest absolute Gasteiger partial charge is 0.148 e. The molecule has 0 aliphatic rings. The minimum Gasteiger partial charge on any atom is -0.491 e.